The van der Waals surface area contributed by atoms with Crippen molar-refractivity contribution >= 4 is 11.6 Å². The average Bonchev–Trinajstić information content (AvgIpc) is 3.16. The number of rotatable bonds is 4. The molecule has 0 radical (unpaired) electrons. The zero-order valence-electron chi connectivity index (χ0n) is 12.7. The third-order valence-electron chi connectivity index (χ3n) is 4.71. The highest BCUT2D eigenvalue weighted by molar-refractivity contribution is 5.45. The molecule has 22 heavy (non-hydrogen) atoms. The molecule has 0 spiro atoms. The first-order chi connectivity index (χ1) is 10.8. The minimum atomic E-state index is 0.415. The summed E-state index contributed by atoms with van der Waals surface area (Å²) >= 11 is 0. The van der Waals surface area contributed by atoms with Crippen molar-refractivity contribution in [3.8, 4) is 0 Å². The molecule has 118 valence electrons. The van der Waals surface area contributed by atoms with Gasteiger partial charge < -0.3 is 14.8 Å². The number of nitrogens with zero attached hydrogens (tertiary/aromatic N) is 4. The monoisotopic (exact) mass is 303 g/mol. The van der Waals surface area contributed by atoms with Gasteiger partial charge in [-0.1, -0.05) is 0 Å². The van der Waals surface area contributed by atoms with E-state index in [0.717, 1.165) is 24.5 Å². The minimum Gasteiger partial charge on any atom is -0.378 e. The number of nitrogens with one attached hydrogen (secondary N) is 1. The van der Waals surface area contributed by atoms with E-state index in [-0.39, 0.29) is 0 Å². The van der Waals surface area contributed by atoms with Crippen LogP contribution in [-0.4, -0.2) is 45.4 Å². The Labute approximate surface area is 129 Å². The van der Waals surface area contributed by atoms with E-state index in [1.807, 2.05) is 6.07 Å². The molecule has 1 aliphatic carbocycles. The Morgan fingerprint density at radius 3 is 3.27 bits per heavy atom. The average molecular weight is 303 g/mol. The van der Waals surface area contributed by atoms with Gasteiger partial charge in [-0.05, 0) is 25.7 Å². The summed E-state index contributed by atoms with van der Waals surface area (Å²) in [6.07, 6.45) is 6.65. The van der Waals surface area contributed by atoms with Gasteiger partial charge >= 0.3 is 0 Å². The number of hydrogen-bond acceptors (Lipinski definition) is 6. The first kappa shape index (κ1) is 13.9. The van der Waals surface area contributed by atoms with E-state index in [4.69, 9.17) is 9.47 Å². The fourth-order valence-corrected chi connectivity index (χ4v) is 3.73. The van der Waals surface area contributed by atoms with E-state index in [1.54, 1.807) is 11.6 Å². The molecular formula is C15H21N5O2. The van der Waals surface area contributed by atoms with Gasteiger partial charge in [0, 0.05) is 31.7 Å². The zero-order valence-corrected chi connectivity index (χ0v) is 12.7. The fourth-order valence-electron chi connectivity index (χ4n) is 3.73. The molecule has 1 saturated heterocycles. The van der Waals surface area contributed by atoms with Crippen LogP contribution >= 0.6 is 0 Å². The van der Waals surface area contributed by atoms with Crippen LogP contribution in [0.25, 0.3) is 5.78 Å². The van der Waals surface area contributed by atoms with Gasteiger partial charge in [0.25, 0.3) is 5.78 Å². The predicted octanol–water partition coefficient (Wildman–Crippen LogP) is 1.64. The number of methoxy groups -OCH3 is 1. The maximum absolute atomic E-state index is 5.85. The summed E-state index contributed by atoms with van der Waals surface area (Å²) in [5.74, 6) is 2.13. The molecule has 3 atom stereocenters. The molecule has 2 aliphatic rings. The molecule has 2 fully saturated rings. The molecule has 4 rings (SSSR count). The van der Waals surface area contributed by atoms with Crippen molar-refractivity contribution in [2.24, 2.45) is 5.92 Å². The van der Waals surface area contributed by atoms with Crippen LogP contribution in [0.4, 0.5) is 5.82 Å². The highest BCUT2D eigenvalue weighted by Crippen LogP contribution is 2.36. The van der Waals surface area contributed by atoms with Crippen LogP contribution in [0, 0.1) is 5.92 Å². The Hall–Kier alpha value is -1.73. The predicted molar refractivity (Wildman–Crippen MR) is 80.6 cm³/mol. The lowest BCUT2D eigenvalue weighted by Crippen LogP contribution is -2.38. The van der Waals surface area contributed by atoms with Crippen LogP contribution in [0.2, 0.25) is 0 Å². The summed E-state index contributed by atoms with van der Waals surface area (Å²) in [6.45, 7) is 1.36. The molecule has 1 saturated carbocycles. The molecule has 2 aromatic rings. The van der Waals surface area contributed by atoms with Crippen molar-refractivity contribution < 1.29 is 9.47 Å². The van der Waals surface area contributed by atoms with E-state index in [1.165, 1.54) is 25.6 Å². The van der Waals surface area contributed by atoms with Crippen molar-refractivity contribution in [1.82, 2.24) is 19.6 Å². The Morgan fingerprint density at radius 1 is 1.41 bits per heavy atom. The Bertz CT molecular complexity index is 658. The maximum atomic E-state index is 5.85. The third-order valence-corrected chi connectivity index (χ3v) is 4.71. The van der Waals surface area contributed by atoms with Crippen LogP contribution in [0.1, 0.15) is 31.4 Å². The molecule has 3 heterocycles. The highest BCUT2D eigenvalue weighted by atomic mass is 16.5. The maximum Gasteiger partial charge on any atom is 0.254 e. The molecule has 7 nitrogen and oxygen atoms in total. The van der Waals surface area contributed by atoms with Crippen LogP contribution in [0.3, 0.4) is 0 Å². The topological polar surface area (TPSA) is 73.6 Å². The van der Waals surface area contributed by atoms with Gasteiger partial charge in [0.05, 0.1) is 18.4 Å². The molecule has 7 heteroatoms. The summed E-state index contributed by atoms with van der Waals surface area (Å²) in [5, 5.41) is 7.94. The van der Waals surface area contributed by atoms with Gasteiger partial charge in [0.1, 0.15) is 12.1 Å². The number of hydrogen-bond donors (Lipinski definition) is 1. The van der Waals surface area contributed by atoms with E-state index >= 15 is 0 Å². The Morgan fingerprint density at radius 2 is 2.36 bits per heavy atom. The first-order valence-electron chi connectivity index (χ1n) is 7.92. The molecule has 1 aliphatic heterocycles. The van der Waals surface area contributed by atoms with Crippen LogP contribution in [0.15, 0.2) is 12.4 Å². The summed E-state index contributed by atoms with van der Waals surface area (Å²) in [5.41, 5.74) is 0.862. The summed E-state index contributed by atoms with van der Waals surface area (Å²) < 4.78 is 12.8. The molecule has 0 amide bonds. The summed E-state index contributed by atoms with van der Waals surface area (Å²) in [6, 6.07) is 2.43. The second-order valence-corrected chi connectivity index (χ2v) is 6.08. The highest BCUT2D eigenvalue weighted by Gasteiger charge is 2.37. The number of aromatic nitrogens is 4. The zero-order chi connectivity index (χ0) is 14.9. The lowest BCUT2D eigenvalue weighted by molar-refractivity contribution is 0.0619. The quantitative estimate of drug-likeness (QED) is 0.925. The fraction of sp³-hybridized carbons (Fsp3) is 0.667. The van der Waals surface area contributed by atoms with E-state index in [2.05, 4.69) is 20.4 Å². The second kappa shape index (κ2) is 5.81. The molecule has 0 bridgehead atoms. The smallest absolute Gasteiger partial charge is 0.254 e. The van der Waals surface area contributed by atoms with Gasteiger partial charge in [-0.25, -0.2) is 4.98 Å². The van der Waals surface area contributed by atoms with Crippen LogP contribution in [0.5, 0.6) is 0 Å². The van der Waals surface area contributed by atoms with Crippen molar-refractivity contribution in [1.29, 1.82) is 0 Å². The molecule has 2 aromatic heterocycles. The van der Waals surface area contributed by atoms with Crippen LogP contribution < -0.4 is 5.32 Å². The lowest BCUT2D eigenvalue weighted by Gasteiger charge is -2.33. The number of anilines is 1. The lowest BCUT2D eigenvalue weighted by atomic mass is 9.82. The molecule has 0 aromatic carbocycles. The molecule has 1 N–H and O–H groups in total. The van der Waals surface area contributed by atoms with Gasteiger partial charge in [0.15, 0.2) is 0 Å². The van der Waals surface area contributed by atoms with Gasteiger partial charge in [-0.2, -0.15) is 14.6 Å². The first-order valence-corrected chi connectivity index (χ1v) is 7.92. The summed E-state index contributed by atoms with van der Waals surface area (Å²) in [4.78, 5) is 8.65. The normalized spacial score (nSPS) is 28.0. The summed E-state index contributed by atoms with van der Waals surface area (Å²) in [7, 11) is 1.67. The van der Waals surface area contributed by atoms with Crippen molar-refractivity contribution in [3.63, 3.8) is 0 Å². The standard InChI is InChI=1S/C15H21N5O2/c1-21-8-10-7-14(20-15(18-10)16-9-17-20)19-12-3-2-4-13-11(12)5-6-22-13/h7,9,11-13,19H,2-6,8H2,1H3. The van der Waals surface area contributed by atoms with E-state index < -0.39 is 0 Å². The number of ether oxygens (including phenoxy) is 2. The Balaban J connectivity index is 1.63. The minimum absolute atomic E-state index is 0.415. The molecule has 3 unspecified atom stereocenters. The van der Waals surface area contributed by atoms with Crippen molar-refractivity contribution in [3.05, 3.63) is 18.1 Å². The van der Waals surface area contributed by atoms with Gasteiger partial charge in [-0.15, -0.1) is 0 Å². The van der Waals surface area contributed by atoms with Crippen molar-refractivity contribution in [2.45, 2.75) is 44.4 Å². The Kier molecular flexibility index (Phi) is 3.67. The van der Waals surface area contributed by atoms with Crippen LogP contribution in [-0.2, 0) is 16.1 Å². The van der Waals surface area contributed by atoms with Crippen molar-refractivity contribution in [2.75, 3.05) is 19.0 Å². The second-order valence-electron chi connectivity index (χ2n) is 6.08. The van der Waals surface area contributed by atoms with E-state index in [9.17, 15) is 0 Å². The largest absolute Gasteiger partial charge is 0.378 e. The van der Waals surface area contributed by atoms with Gasteiger partial charge in [-0.3, -0.25) is 0 Å². The van der Waals surface area contributed by atoms with E-state index in [0.29, 0.717) is 30.4 Å². The third kappa shape index (κ3) is 2.44. The SMILES string of the molecule is COCc1cc(NC2CCCC3OCCC23)n2ncnc2n1. The molecular weight excluding hydrogens is 282 g/mol. The van der Waals surface area contributed by atoms with Gasteiger partial charge in [0.2, 0.25) is 0 Å². The number of fused-ring (bicyclic) bond motifs is 2.